The quantitative estimate of drug-likeness (QED) is 0.831. The SMILES string of the molecule is CCNC(COCC1CC1)c1ccc2c(c1)OCCO2. The summed E-state index contributed by atoms with van der Waals surface area (Å²) in [5, 5.41) is 3.48. The molecule has 4 heteroatoms. The van der Waals surface area contributed by atoms with Gasteiger partial charge in [0.2, 0.25) is 0 Å². The third-order valence-corrected chi connectivity index (χ3v) is 3.75. The third-order valence-electron chi connectivity index (χ3n) is 3.75. The van der Waals surface area contributed by atoms with Gasteiger partial charge in [-0.3, -0.25) is 0 Å². The molecule has 0 spiro atoms. The summed E-state index contributed by atoms with van der Waals surface area (Å²) in [6.07, 6.45) is 2.66. The van der Waals surface area contributed by atoms with E-state index >= 15 is 0 Å². The fourth-order valence-electron chi connectivity index (χ4n) is 2.43. The molecule has 1 aromatic rings. The van der Waals surface area contributed by atoms with Gasteiger partial charge in [0, 0.05) is 6.61 Å². The standard InChI is InChI=1S/C16H23NO3/c1-2-17-14(11-18-10-12-3-4-12)13-5-6-15-16(9-13)20-8-7-19-15/h5-6,9,12,14,17H,2-4,7-8,10-11H2,1H3. The van der Waals surface area contributed by atoms with E-state index in [2.05, 4.69) is 24.4 Å². The summed E-state index contributed by atoms with van der Waals surface area (Å²) in [4.78, 5) is 0. The van der Waals surface area contributed by atoms with Crippen molar-refractivity contribution >= 4 is 0 Å². The Hall–Kier alpha value is -1.26. The molecule has 1 aliphatic heterocycles. The first-order chi connectivity index (χ1) is 9.86. The van der Waals surface area contributed by atoms with E-state index in [1.807, 2.05) is 6.07 Å². The molecule has 110 valence electrons. The number of fused-ring (bicyclic) bond motifs is 1. The minimum atomic E-state index is 0.217. The van der Waals surface area contributed by atoms with Crippen LogP contribution in [0.25, 0.3) is 0 Å². The molecule has 0 aromatic heterocycles. The summed E-state index contributed by atoms with van der Waals surface area (Å²) in [6, 6.07) is 6.38. The largest absolute Gasteiger partial charge is 0.486 e. The van der Waals surface area contributed by atoms with E-state index in [0.717, 1.165) is 30.6 Å². The molecule has 4 nitrogen and oxygen atoms in total. The number of hydrogen-bond acceptors (Lipinski definition) is 4. The van der Waals surface area contributed by atoms with E-state index in [4.69, 9.17) is 14.2 Å². The number of rotatable bonds is 7. The first-order valence-corrected chi connectivity index (χ1v) is 7.57. The zero-order chi connectivity index (χ0) is 13.8. The van der Waals surface area contributed by atoms with Crippen molar-refractivity contribution in [1.82, 2.24) is 5.32 Å². The molecule has 2 aliphatic rings. The van der Waals surface area contributed by atoms with Crippen LogP contribution in [0.2, 0.25) is 0 Å². The smallest absolute Gasteiger partial charge is 0.161 e. The highest BCUT2D eigenvalue weighted by Crippen LogP contribution is 2.33. The lowest BCUT2D eigenvalue weighted by Crippen LogP contribution is -2.26. The van der Waals surface area contributed by atoms with Crippen molar-refractivity contribution in [3.05, 3.63) is 23.8 Å². The molecule has 1 fully saturated rings. The van der Waals surface area contributed by atoms with Crippen molar-refractivity contribution in [1.29, 1.82) is 0 Å². The molecule has 1 aromatic carbocycles. The van der Waals surface area contributed by atoms with Gasteiger partial charge in [-0.15, -0.1) is 0 Å². The summed E-state index contributed by atoms with van der Waals surface area (Å²) in [5.41, 5.74) is 1.20. The molecule has 20 heavy (non-hydrogen) atoms. The Morgan fingerprint density at radius 2 is 2.05 bits per heavy atom. The lowest BCUT2D eigenvalue weighted by molar-refractivity contribution is 0.103. The average molecular weight is 277 g/mol. The van der Waals surface area contributed by atoms with Crippen LogP contribution in [-0.2, 0) is 4.74 Å². The van der Waals surface area contributed by atoms with Gasteiger partial charge in [-0.05, 0) is 43.0 Å². The van der Waals surface area contributed by atoms with Crippen molar-refractivity contribution in [2.24, 2.45) is 5.92 Å². The van der Waals surface area contributed by atoms with Crippen LogP contribution in [0.4, 0.5) is 0 Å². The van der Waals surface area contributed by atoms with Crippen molar-refractivity contribution in [2.45, 2.75) is 25.8 Å². The highest BCUT2D eigenvalue weighted by atomic mass is 16.6. The van der Waals surface area contributed by atoms with E-state index in [1.165, 1.54) is 18.4 Å². The molecule has 0 radical (unpaired) electrons. The summed E-state index contributed by atoms with van der Waals surface area (Å²) in [7, 11) is 0. The van der Waals surface area contributed by atoms with Gasteiger partial charge in [-0.1, -0.05) is 13.0 Å². The van der Waals surface area contributed by atoms with E-state index in [9.17, 15) is 0 Å². The molecule has 0 amide bonds. The first-order valence-electron chi connectivity index (χ1n) is 7.57. The van der Waals surface area contributed by atoms with Gasteiger partial charge in [-0.2, -0.15) is 0 Å². The van der Waals surface area contributed by atoms with Gasteiger partial charge < -0.3 is 19.5 Å². The monoisotopic (exact) mass is 277 g/mol. The van der Waals surface area contributed by atoms with Crippen LogP contribution in [0.3, 0.4) is 0 Å². The molecule has 0 bridgehead atoms. The Labute approximate surface area is 120 Å². The van der Waals surface area contributed by atoms with Crippen LogP contribution < -0.4 is 14.8 Å². The Morgan fingerprint density at radius 3 is 2.80 bits per heavy atom. The van der Waals surface area contributed by atoms with E-state index < -0.39 is 0 Å². The fourth-order valence-corrected chi connectivity index (χ4v) is 2.43. The normalized spacial score (nSPS) is 18.9. The summed E-state index contributed by atoms with van der Waals surface area (Å²) >= 11 is 0. The molecule has 1 aliphatic carbocycles. The highest BCUT2D eigenvalue weighted by Gasteiger charge is 2.22. The number of nitrogens with one attached hydrogen (secondary N) is 1. The molecule has 1 atom stereocenters. The Morgan fingerprint density at radius 1 is 1.25 bits per heavy atom. The summed E-state index contributed by atoms with van der Waals surface area (Å²) in [5.74, 6) is 2.49. The summed E-state index contributed by atoms with van der Waals surface area (Å²) in [6.45, 7) is 5.90. The lowest BCUT2D eigenvalue weighted by Gasteiger charge is -2.22. The van der Waals surface area contributed by atoms with Gasteiger partial charge in [-0.25, -0.2) is 0 Å². The number of ether oxygens (including phenoxy) is 3. The lowest BCUT2D eigenvalue weighted by atomic mass is 10.1. The number of likely N-dealkylation sites (N-methyl/N-ethyl adjacent to an activating group) is 1. The minimum Gasteiger partial charge on any atom is -0.486 e. The second-order valence-corrected chi connectivity index (χ2v) is 5.49. The fraction of sp³-hybridized carbons (Fsp3) is 0.625. The van der Waals surface area contributed by atoms with Crippen molar-refractivity contribution in [3.8, 4) is 11.5 Å². The number of hydrogen-bond donors (Lipinski definition) is 1. The Bertz CT molecular complexity index is 445. The molecular weight excluding hydrogens is 254 g/mol. The zero-order valence-electron chi connectivity index (χ0n) is 12.1. The van der Waals surface area contributed by atoms with Crippen LogP contribution in [-0.4, -0.2) is 33.0 Å². The maximum Gasteiger partial charge on any atom is 0.161 e. The third kappa shape index (κ3) is 3.44. The molecule has 3 rings (SSSR count). The minimum absolute atomic E-state index is 0.217. The maximum absolute atomic E-state index is 5.84. The van der Waals surface area contributed by atoms with E-state index in [-0.39, 0.29) is 6.04 Å². The predicted molar refractivity (Wildman–Crippen MR) is 77.4 cm³/mol. The molecule has 1 heterocycles. The Balaban J connectivity index is 1.65. The second-order valence-electron chi connectivity index (χ2n) is 5.49. The van der Waals surface area contributed by atoms with Crippen LogP contribution in [0.15, 0.2) is 18.2 Å². The van der Waals surface area contributed by atoms with Gasteiger partial charge >= 0.3 is 0 Å². The van der Waals surface area contributed by atoms with Gasteiger partial charge in [0.05, 0.1) is 12.6 Å². The van der Waals surface area contributed by atoms with Gasteiger partial charge in [0.15, 0.2) is 11.5 Å². The maximum atomic E-state index is 5.84. The topological polar surface area (TPSA) is 39.7 Å². The van der Waals surface area contributed by atoms with Crippen molar-refractivity contribution < 1.29 is 14.2 Å². The highest BCUT2D eigenvalue weighted by molar-refractivity contribution is 5.44. The van der Waals surface area contributed by atoms with Gasteiger partial charge in [0.1, 0.15) is 13.2 Å². The van der Waals surface area contributed by atoms with Crippen molar-refractivity contribution in [3.63, 3.8) is 0 Å². The average Bonchev–Trinajstić information content (AvgIpc) is 3.30. The van der Waals surface area contributed by atoms with E-state index in [1.54, 1.807) is 0 Å². The molecule has 1 unspecified atom stereocenters. The zero-order valence-corrected chi connectivity index (χ0v) is 12.1. The molecular formula is C16H23NO3. The first kappa shape index (κ1) is 13.7. The van der Waals surface area contributed by atoms with Gasteiger partial charge in [0.25, 0.3) is 0 Å². The van der Waals surface area contributed by atoms with Crippen LogP contribution >= 0.6 is 0 Å². The van der Waals surface area contributed by atoms with Crippen LogP contribution in [0.5, 0.6) is 11.5 Å². The Kier molecular flexibility index (Phi) is 4.43. The molecule has 0 saturated heterocycles. The predicted octanol–water partition coefficient (Wildman–Crippen LogP) is 2.54. The summed E-state index contributed by atoms with van der Waals surface area (Å²) < 4.78 is 17.1. The molecule has 1 N–H and O–H groups in total. The number of benzene rings is 1. The molecule has 1 saturated carbocycles. The van der Waals surface area contributed by atoms with E-state index in [0.29, 0.717) is 19.8 Å². The van der Waals surface area contributed by atoms with Crippen molar-refractivity contribution in [2.75, 3.05) is 33.0 Å². The van der Waals surface area contributed by atoms with Crippen LogP contribution in [0, 0.1) is 5.92 Å². The van der Waals surface area contributed by atoms with Crippen LogP contribution in [0.1, 0.15) is 31.4 Å². The second kappa shape index (κ2) is 6.46.